The van der Waals surface area contributed by atoms with Crippen LogP contribution in [-0.2, 0) is 16.1 Å². The van der Waals surface area contributed by atoms with E-state index in [0.29, 0.717) is 38.0 Å². The van der Waals surface area contributed by atoms with Gasteiger partial charge in [0, 0.05) is 5.02 Å². The number of aromatic nitrogens is 1. The average Bonchev–Trinajstić information content (AvgIpc) is 3.22. The van der Waals surface area contributed by atoms with Crippen molar-refractivity contribution in [1.29, 1.82) is 0 Å². The highest BCUT2D eigenvalue weighted by atomic mass is 35.5. The molecule has 1 unspecified atom stereocenters. The Kier molecular flexibility index (Phi) is 7.58. The van der Waals surface area contributed by atoms with Crippen LogP contribution < -0.4 is 19.6 Å². The van der Waals surface area contributed by atoms with E-state index in [1.54, 1.807) is 18.4 Å². The van der Waals surface area contributed by atoms with Gasteiger partial charge in [-0.3, -0.25) is 9.36 Å². The van der Waals surface area contributed by atoms with Crippen LogP contribution in [0.25, 0.3) is 6.08 Å². The van der Waals surface area contributed by atoms with Gasteiger partial charge in [0.25, 0.3) is 5.56 Å². The number of esters is 1. The molecule has 0 radical (unpaired) electrons. The number of carbonyl (C=O) groups excluding carboxylic acids is 1. The van der Waals surface area contributed by atoms with E-state index < -0.39 is 12.0 Å². The Morgan fingerprint density at radius 1 is 1.08 bits per heavy atom. The molecule has 4 aromatic rings. The van der Waals surface area contributed by atoms with Crippen molar-refractivity contribution in [2.24, 2.45) is 4.99 Å². The van der Waals surface area contributed by atoms with Crippen LogP contribution in [-0.4, -0.2) is 17.1 Å². The number of thiazole rings is 1. The summed E-state index contributed by atoms with van der Waals surface area (Å²) in [6, 6.07) is 23.9. The predicted molar refractivity (Wildman–Crippen MR) is 149 cm³/mol. The number of carbonyl (C=O) groups is 1. The Balaban J connectivity index is 1.52. The lowest BCUT2D eigenvalue weighted by Crippen LogP contribution is -2.39. The molecule has 1 atom stereocenters. The molecule has 0 amide bonds. The van der Waals surface area contributed by atoms with E-state index in [2.05, 4.69) is 4.99 Å². The van der Waals surface area contributed by atoms with Gasteiger partial charge >= 0.3 is 5.97 Å². The van der Waals surface area contributed by atoms with Crippen molar-refractivity contribution in [1.82, 2.24) is 4.57 Å². The van der Waals surface area contributed by atoms with E-state index in [9.17, 15) is 9.59 Å². The number of hydrogen-bond donors (Lipinski definition) is 0. The molecule has 1 aliphatic heterocycles. The molecule has 38 heavy (non-hydrogen) atoms. The molecule has 0 saturated heterocycles. The summed E-state index contributed by atoms with van der Waals surface area (Å²) in [5, 5.41) is 0.677. The second kappa shape index (κ2) is 11.2. The fourth-order valence-electron chi connectivity index (χ4n) is 4.34. The van der Waals surface area contributed by atoms with Gasteiger partial charge < -0.3 is 9.47 Å². The zero-order chi connectivity index (χ0) is 26.6. The van der Waals surface area contributed by atoms with Gasteiger partial charge in [-0.05, 0) is 60.9 Å². The molecule has 1 aromatic heterocycles. The predicted octanol–water partition coefficient (Wildman–Crippen LogP) is 5.03. The van der Waals surface area contributed by atoms with E-state index >= 15 is 0 Å². The van der Waals surface area contributed by atoms with Crippen molar-refractivity contribution in [3.8, 4) is 5.75 Å². The monoisotopic (exact) mass is 544 g/mol. The molecule has 0 fully saturated rings. The maximum atomic E-state index is 13.7. The van der Waals surface area contributed by atoms with Gasteiger partial charge in [-0.15, -0.1) is 0 Å². The van der Waals surface area contributed by atoms with Crippen LogP contribution in [0.2, 0.25) is 5.02 Å². The molecular weight excluding hydrogens is 520 g/mol. The van der Waals surface area contributed by atoms with Crippen LogP contribution in [0.15, 0.2) is 99.9 Å². The summed E-state index contributed by atoms with van der Waals surface area (Å²) >= 11 is 7.26. The first-order valence-electron chi connectivity index (χ1n) is 12.2. The lowest BCUT2D eigenvalue weighted by Gasteiger charge is -2.24. The highest BCUT2D eigenvalue weighted by Gasteiger charge is 2.33. The standard InChI is InChI=1S/C30H25ClN2O4S/c1-3-36-29(35)26-19(2)32-30-33(27(26)22-9-5-4-6-10-22)28(34)25(38-30)17-21-8-7-11-24(16-21)37-18-20-12-14-23(31)15-13-20/h4-17,27H,3,18H2,1-2H3/b25-17+. The summed E-state index contributed by atoms with van der Waals surface area (Å²) in [6.45, 7) is 4.17. The summed E-state index contributed by atoms with van der Waals surface area (Å²) in [5.74, 6) is 0.214. The minimum absolute atomic E-state index is 0.218. The van der Waals surface area contributed by atoms with Gasteiger partial charge in [0.15, 0.2) is 4.80 Å². The van der Waals surface area contributed by atoms with Gasteiger partial charge in [0.2, 0.25) is 0 Å². The van der Waals surface area contributed by atoms with Gasteiger partial charge in [-0.25, -0.2) is 9.79 Å². The Labute approximate surface area is 228 Å². The fourth-order valence-corrected chi connectivity index (χ4v) is 5.51. The van der Waals surface area contributed by atoms with E-state index in [0.717, 1.165) is 16.7 Å². The molecule has 192 valence electrons. The number of rotatable bonds is 7. The maximum Gasteiger partial charge on any atom is 0.338 e. The Morgan fingerprint density at radius 3 is 2.58 bits per heavy atom. The van der Waals surface area contributed by atoms with Crippen molar-refractivity contribution >= 4 is 35.0 Å². The van der Waals surface area contributed by atoms with E-state index in [-0.39, 0.29) is 12.2 Å². The zero-order valence-electron chi connectivity index (χ0n) is 20.9. The second-order valence-electron chi connectivity index (χ2n) is 8.70. The van der Waals surface area contributed by atoms with Crippen molar-refractivity contribution in [3.05, 3.63) is 132 Å². The lowest BCUT2D eigenvalue weighted by atomic mass is 9.96. The summed E-state index contributed by atoms with van der Waals surface area (Å²) in [7, 11) is 0. The molecule has 5 rings (SSSR count). The number of fused-ring (bicyclic) bond motifs is 1. The van der Waals surface area contributed by atoms with Crippen LogP contribution in [0.1, 0.15) is 36.6 Å². The summed E-state index contributed by atoms with van der Waals surface area (Å²) in [5.41, 5.74) is 3.33. The van der Waals surface area contributed by atoms with Gasteiger partial charge in [0.05, 0.1) is 28.5 Å². The van der Waals surface area contributed by atoms with E-state index in [4.69, 9.17) is 21.1 Å². The van der Waals surface area contributed by atoms with Gasteiger partial charge in [-0.2, -0.15) is 0 Å². The molecule has 0 N–H and O–H groups in total. The van der Waals surface area contributed by atoms with Crippen molar-refractivity contribution in [3.63, 3.8) is 0 Å². The van der Waals surface area contributed by atoms with Crippen LogP contribution in [0, 0.1) is 0 Å². The highest BCUT2D eigenvalue weighted by molar-refractivity contribution is 7.07. The van der Waals surface area contributed by atoms with Crippen molar-refractivity contribution in [2.45, 2.75) is 26.5 Å². The quantitative estimate of drug-likeness (QED) is 0.306. The number of nitrogens with zero attached hydrogens (tertiary/aromatic N) is 2. The first-order valence-corrected chi connectivity index (χ1v) is 13.4. The van der Waals surface area contributed by atoms with Crippen molar-refractivity contribution < 1.29 is 14.3 Å². The second-order valence-corrected chi connectivity index (χ2v) is 10.1. The maximum absolute atomic E-state index is 13.7. The number of benzene rings is 3. The van der Waals surface area contributed by atoms with Crippen molar-refractivity contribution in [2.75, 3.05) is 6.61 Å². The van der Waals surface area contributed by atoms with Gasteiger partial charge in [-0.1, -0.05) is 77.5 Å². The van der Waals surface area contributed by atoms with E-state index in [1.807, 2.05) is 84.9 Å². The van der Waals surface area contributed by atoms with Gasteiger partial charge in [0.1, 0.15) is 12.4 Å². The highest BCUT2D eigenvalue weighted by Crippen LogP contribution is 2.30. The van der Waals surface area contributed by atoms with E-state index in [1.165, 1.54) is 11.3 Å². The summed E-state index contributed by atoms with van der Waals surface area (Å²) in [4.78, 5) is 31.8. The number of halogens is 1. The number of ether oxygens (including phenoxy) is 2. The SMILES string of the molecule is CCOC(=O)C1=C(C)N=c2s/c(=C/c3cccc(OCc4ccc(Cl)cc4)c3)c(=O)n2C1c1ccccc1. The van der Waals surface area contributed by atoms with Crippen LogP contribution >= 0.6 is 22.9 Å². The molecular formula is C30H25ClN2O4S. The first-order chi connectivity index (χ1) is 18.4. The molecule has 3 aromatic carbocycles. The largest absolute Gasteiger partial charge is 0.489 e. The zero-order valence-corrected chi connectivity index (χ0v) is 22.5. The van der Waals surface area contributed by atoms with Crippen LogP contribution in [0.4, 0.5) is 0 Å². The molecule has 0 spiro atoms. The molecule has 1 aliphatic rings. The summed E-state index contributed by atoms with van der Waals surface area (Å²) in [6.07, 6.45) is 1.82. The molecule has 0 bridgehead atoms. The normalized spacial score (nSPS) is 15.1. The topological polar surface area (TPSA) is 69.9 Å². The third-order valence-corrected chi connectivity index (χ3v) is 7.34. The van der Waals surface area contributed by atoms with Crippen LogP contribution in [0.3, 0.4) is 0 Å². The Hall–Kier alpha value is -3.94. The fraction of sp³-hybridized carbons (Fsp3) is 0.167. The summed E-state index contributed by atoms with van der Waals surface area (Å²) < 4.78 is 13.4. The first kappa shape index (κ1) is 25.7. The number of hydrogen-bond acceptors (Lipinski definition) is 6. The molecule has 0 saturated carbocycles. The molecule has 8 heteroatoms. The Bertz CT molecular complexity index is 1690. The minimum atomic E-state index is -0.623. The number of allylic oxidation sites excluding steroid dienone is 1. The average molecular weight is 545 g/mol. The third kappa shape index (κ3) is 5.35. The minimum Gasteiger partial charge on any atom is -0.489 e. The molecule has 0 aliphatic carbocycles. The van der Waals surface area contributed by atoms with Crippen LogP contribution in [0.5, 0.6) is 5.75 Å². The smallest absolute Gasteiger partial charge is 0.338 e. The molecule has 6 nitrogen and oxygen atoms in total. The lowest BCUT2D eigenvalue weighted by molar-refractivity contribution is -0.139. The molecule has 2 heterocycles. The third-order valence-electron chi connectivity index (χ3n) is 6.11. The Morgan fingerprint density at radius 2 is 1.84 bits per heavy atom.